The Kier molecular flexibility index (Phi) is 5.74. The van der Waals surface area contributed by atoms with Crippen molar-refractivity contribution in [3.8, 4) is 0 Å². The van der Waals surface area contributed by atoms with E-state index in [1.807, 2.05) is 0 Å². The predicted octanol–water partition coefficient (Wildman–Crippen LogP) is 2.25. The summed E-state index contributed by atoms with van der Waals surface area (Å²) >= 11 is 0. The fraction of sp³-hybridized carbons (Fsp3) is 0.211. The van der Waals surface area contributed by atoms with E-state index in [-0.39, 0.29) is 16.3 Å². The van der Waals surface area contributed by atoms with Gasteiger partial charge in [-0.05, 0) is 43.3 Å². The van der Waals surface area contributed by atoms with Crippen molar-refractivity contribution in [2.45, 2.75) is 30.6 Å². The largest absolute Gasteiger partial charge is 0.435 e. The van der Waals surface area contributed by atoms with Gasteiger partial charge in [0.1, 0.15) is 0 Å². The number of anilines is 2. The van der Waals surface area contributed by atoms with Gasteiger partial charge >= 0.3 is 12.2 Å². The van der Waals surface area contributed by atoms with Crippen molar-refractivity contribution in [2.24, 2.45) is 0 Å². The second kappa shape index (κ2) is 7.91. The normalized spacial score (nSPS) is 19.1. The highest BCUT2D eigenvalue weighted by atomic mass is 32.2. The summed E-state index contributed by atoms with van der Waals surface area (Å²) in [5.41, 5.74) is -3.14. The zero-order valence-corrected chi connectivity index (χ0v) is 17.5. The average molecular weight is 470 g/mol. The highest BCUT2D eigenvalue weighted by molar-refractivity contribution is 7.89. The zero-order valence-electron chi connectivity index (χ0n) is 16.6. The summed E-state index contributed by atoms with van der Waals surface area (Å²) in [6, 6.07) is 8.22. The van der Waals surface area contributed by atoms with Crippen LogP contribution in [0.3, 0.4) is 0 Å². The Morgan fingerprint density at radius 3 is 2.09 bits per heavy atom. The molecule has 2 aromatic rings. The molecule has 0 spiro atoms. The van der Waals surface area contributed by atoms with Crippen molar-refractivity contribution in [3.63, 3.8) is 0 Å². The number of alkyl halides is 3. The van der Waals surface area contributed by atoms with Gasteiger partial charge in [0.2, 0.25) is 15.9 Å². The molecule has 1 saturated heterocycles. The molecule has 13 heteroatoms. The quantitative estimate of drug-likeness (QED) is 0.578. The molecule has 0 radical (unpaired) electrons. The first-order valence-electron chi connectivity index (χ1n) is 8.98. The van der Waals surface area contributed by atoms with Gasteiger partial charge in [-0.3, -0.25) is 9.59 Å². The number of benzene rings is 2. The minimum absolute atomic E-state index is 0.164. The van der Waals surface area contributed by atoms with Crippen LogP contribution in [-0.4, -0.2) is 38.1 Å². The van der Waals surface area contributed by atoms with Crippen LogP contribution in [0.1, 0.15) is 12.5 Å². The number of halogens is 3. The molecular formula is C19H17F3N4O5S. The monoisotopic (exact) mass is 470 g/mol. The van der Waals surface area contributed by atoms with Crippen LogP contribution in [0.5, 0.6) is 0 Å². The van der Waals surface area contributed by atoms with Crippen molar-refractivity contribution in [1.29, 1.82) is 0 Å². The Balaban J connectivity index is 2.00. The third-order valence-electron chi connectivity index (χ3n) is 4.51. The van der Waals surface area contributed by atoms with Crippen molar-refractivity contribution in [3.05, 3.63) is 54.1 Å². The third-order valence-corrected chi connectivity index (χ3v) is 5.98. The number of carbonyl (C=O) groups is 3. The molecule has 3 rings (SSSR count). The Morgan fingerprint density at radius 2 is 1.59 bits per heavy atom. The van der Waals surface area contributed by atoms with Crippen LogP contribution in [0.2, 0.25) is 0 Å². The topological polar surface area (TPSA) is 125 Å². The number of carbonyl (C=O) groups excluding carboxylic acids is 3. The molecule has 2 aromatic carbocycles. The van der Waals surface area contributed by atoms with Crippen molar-refractivity contribution >= 4 is 39.2 Å². The molecule has 1 atom stereocenters. The number of urea groups is 1. The van der Waals surface area contributed by atoms with E-state index in [0.717, 1.165) is 29.8 Å². The fourth-order valence-electron chi connectivity index (χ4n) is 2.96. The van der Waals surface area contributed by atoms with E-state index in [0.29, 0.717) is 0 Å². The summed E-state index contributed by atoms with van der Waals surface area (Å²) in [5, 5.41) is 3.83. The van der Waals surface area contributed by atoms with Gasteiger partial charge in [-0.1, -0.05) is 17.7 Å². The number of sulfonamides is 1. The predicted molar refractivity (Wildman–Crippen MR) is 107 cm³/mol. The lowest BCUT2D eigenvalue weighted by atomic mass is 10.1. The molecule has 0 aromatic heterocycles. The lowest BCUT2D eigenvalue weighted by Crippen LogP contribution is -2.69. The molecule has 0 saturated carbocycles. The lowest BCUT2D eigenvalue weighted by Gasteiger charge is -2.29. The average Bonchev–Trinajstić information content (AvgIpc) is 2.93. The fourth-order valence-corrected chi connectivity index (χ4v) is 4.23. The minimum Gasteiger partial charge on any atom is -0.326 e. The Bertz CT molecular complexity index is 1180. The van der Waals surface area contributed by atoms with Crippen LogP contribution in [0.25, 0.3) is 0 Å². The van der Waals surface area contributed by atoms with Crippen molar-refractivity contribution in [1.82, 2.24) is 10.0 Å². The number of hydrogen-bond acceptors (Lipinski definition) is 5. The lowest BCUT2D eigenvalue weighted by molar-refractivity contribution is -0.194. The first kappa shape index (κ1) is 23.2. The van der Waals surface area contributed by atoms with E-state index in [1.165, 1.54) is 41.2 Å². The number of nitrogens with zero attached hydrogens (tertiary/aromatic N) is 1. The number of aryl methyl sites for hydroxylation is 1. The number of imide groups is 1. The maximum absolute atomic E-state index is 14.0. The third kappa shape index (κ3) is 4.16. The number of rotatable bonds is 5. The number of hydrogen-bond donors (Lipinski definition) is 3. The summed E-state index contributed by atoms with van der Waals surface area (Å²) in [4.78, 5) is 35.8. The SMILES string of the molecule is CC(=O)Nc1ccc(S(=O)(=O)N[C@]2(C(F)(F)F)NC(=O)N(c3ccc(C)cc3)C2=O)cc1. The van der Waals surface area contributed by atoms with Crippen LogP contribution in [0.4, 0.5) is 29.3 Å². The highest BCUT2D eigenvalue weighted by Crippen LogP contribution is 2.37. The molecule has 1 aliphatic rings. The van der Waals surface area contributed by atoms with Gasteiger partial charge in [-0.25, -0.2) is 18.1 Å². The van der Waals surface area contributed by atoms with Crippen LogP contribution >= 0.6 is 0 Å². The smallest absolute Gasteiger partial charge is 0.326 e. The first-order chi connectivity index (χ1) is 14.8. The van der Waals surface area contributed by atoms with E-state index in [9.17, 15) is 36.0 Å². The van der Waals surface area contributed by atoms with Crippen LogP contribution in [0, 0.1) is 6.92 Å². The molecule has 9 nitrogen and oxygen atoms in total. The molecule has 1 aliphatic heterocycles. The molecule has 170 valence electrons. The first-order valence-corrected chi connectivity index (χ1v) is 10.5. The molecule has 0 bridgehead atoms. The summed E-state index contributed by atoms with van der Waals surface area (Å²) in [7, 11) is -4.94. The van der Waals surface area contributed by atoms with Gasteiger partial charge in [0.05, 0.1) is 10.6 Å². The molecule has 0 unspecified atom stereocenters. The Morgan fingerprint density at radius 1 is 1.03 bits per heavy atom. The summed E-state index contributed by atoms with van der Waals surface area (Å²) < 4.78 is 68.7. The van der Waals surface area contributed by atoms with Gasteiger partial charge in [0, 0.05) is 12.6 Å². The van der Waals surface area contributed by atoms with E-state index in [4.69, 9.17) is 0 Å². The van der Waals surface area contributed by atoms with Gasteiger partial charge in [-0.2, -0.15) is 17.9 Å². The van der Waals surface area contributed by atoms with Gasteiger partial charge in [0.15, 0.2) is 0 Å². The van der Waals surface area contributed by atoms with Gasteiger partial charge in [-0.15, -0.1) is 0 Å². The molecule has 0 aliphatic carbocycles. The number of nitrogens with one attached hydrogen (secondary N) is 3. The zero-order chi connectivity index (χ0) is 23.9. The van der Waals surface area contributed by atoms with Crippen molar-refractivity contribution < 1.29 is 36.0 Å². The van der Waals surface area contributed by atoms with E-state index in [2.05, 4.69) is 5.32 Å². The molecule has 32 heavy (non-hydrogen) atoms. The van der Waals surface area contributed by atoms with Crippen LogP contribution < -0.4 is 20.3 Å². The van der Waals surface area contributed by atoms with Gasteiger partial charge in [0.25, 0.3) is 11.6 Å². The molecule has 3 N–H and O–H groups in total. The maximum Gasteiger partial charge on any atom is 0.435 e. The Hall–Kier alpha value is -3.45. The number of amides is 4. The summed E-state index contributed by atoms with van der Waals surface area (Å²) in [6.07, 6.45) is -5.51. The molecule has 1 fully saturated rings. The Labute approximate surface area is 180 Å². The molecule has 4 amide bonds. The minimum atomic E-state index is -5.51. The van der Waals surface area contributed by atoms with Crippen molar-refractivity contribution in [2.75, 3.05) is 10.2 Å². The van der Waals surface area contributed by atoms with E-state index >= 15 is 0 Å². The van der Waals surface area contributed by atoms with Crippen LogP contribution in [-0.2, 0) is 19.6 Å². The second-order valence-electron chi connectivity index (χ2n) is 6.97. The van der Waals surface area contributed by atoms with E-state index < -0.39 is 44.6 Å². The maximum atomic E-state index is 14.0. The molecule has 1 heterocycles. The van der Waals surface area contributed by atoms with E-state index in [1.54, 1.807) is 6.92 Å². The summed E-state index contributed by atoms with van der Waals surface area (Å²) in [6.45, 7) is 2.91. The standard InChI is InChI=1S/C19H17F3N4O5S/c1-11-3-7-14(8-4-11)26-16(28)18(19(20,21)22,24-17(26)29)25-32(30,31)15-9-5-13(6-10-15)23-12(2)27/h3-10,25H,1-2H3,(H,23,27)(H,24,29)/t18-/m1/s1. The molecular weight excluding hydrogens is 453 g/mol. The summed E-state index contributed by atoms with van der Waals surface area (Å²) in [5.74, 6) is -2.29. The van der Waals surface area contributed by atoms with Crippen LogP contribution in [0.15, 0.2) is 53.4 Å². The second-order valence-corrected chi connectivity index (χ2v) is 8.65. The highest BCUT2D eigenvalue weighted by Gasteiger charge is 2.69. The van der Waals surface area contributed by atoms with Gasteiger partial charge < -0.3 is 10.6 Å².